The Bertz CT molecular complexity index is 461. The van der Waals surface area contributed by atoms with Crippen molar-refractivity contribution >= 4 is 18.0 Å². The van der Waals surface area contributed by atoms with Gasteiger partial charge in [0.1, 0.15) is 5.54 Å². The number of hydrogen-bond acceptors (Lipinski definition) is 3. The number of carbonyl (C=O) groups is 3. The minimum atomic E-state index is -0.979. The van der Waals surface area contributed by atoms with E-state index in [-0.39, 0.29) is 25.0 Å². The Labute approximate surface area is 118 Å². The average Bonchev–Trinajstić information content (AvgIpc) is 2.52. The summed E-state index contributed by atoms with van der Waals surface area (Å²) in [5, 5.41) is 9.02. The van der Waals surface area contributed by atoms with E-state index in [4.69, 9.17) is 5.11 Å². The SMILES string of the molecule is CN1C(=O)N(C(C)(C)C)C2(CCN(C(=O)O)CC2)C1=O. The highest BCUT2D eigenvalue weighted by atomic mass is 16.4. The lowest BCUT2D eigenvalue weighted by molar-refractivity contribution is -0.136. The Balaban J connectivity index is 2.35. The van der Waals surface area contributed by atoms with Crippen LogP contribution in [0.15, 0.2) is 0 Å². The van der Waals surface area contributed by atoms with Gasteiger partial charge in [0, 0.05) is 25.7 Å². The van der Waals surface area contributed by atoms with Crippen molar-refractivity contribution in [2.24, 2.45) is 0 Å². The Kier molecular flexibility index (Phi) is 3.19. The molecule has 0 aliphatic carbocycles. The van der Waals surface area contributed by atoms with Crippen LogP contribution in [0.2, 0.25) is 0 Å². The summed E-state index contributed by atoms with van der Waals surface area (Å²) < 4.78 is 0. The highest BCUT2D eigenvalue weighted by molar-refractivity contribution is 6.07. The van der Waals surface area contributed by atoms with Crippen LogP contribution in [-0.4, -0.2) is 69.1 Å². The molecule has 2 aliphatic heterocycles. The Hall–Kier alpha value is -1.79. The largest absolute Gasteiger partial charge is 0.465 e. The normalized spacial score (nSPS) is 22.9. The summed E-state index contributed by atoms with van der Waals surface area (Å²) in [7, 11) is 1.49. The van der Waals surface area contributed by atoms with E-state index in [2.05, 4.69) is 0 Å². The first-order chi connectivity index (χ1) is 9.11. The highest BCUT2D eigenvalue weighted by Crippen LogP contribution is 2.41. The third-order valence-electron chi connectivity index (χ3n) is 4.14. The summed E-state index contributed by atoms with van der Waals surface area (Å²) in [6, 6.07) is -0.300. The van der Waals surface area contributed by atoms with Crippen molar-refractivity contribution in [3.63, 3.8) is 0 Å². The predicted molar refractivity (Wildman–Crippen MR) is 71.3 cm³/mol. The minimum Gasteiger partial charge on any atom is -0.465 e. The molecule has 2 heterocycles. The molecule has 0 radical (unpaired) electrons. The molecule has 0 unspecified atom stereocenters. The first-order valence-electron chi connectivity index (χ1n) is 6.71. The summed E-state index contributed by atoms with van der Waals surface area (Å²) in [5.74, 6) is -0.220. The van der Waals surface area contributed by atoms with Crippen molar-refractivity contribution in [2.45, 2.75) is 44.7 Å². The number of likely N-dealkylation sites (N-methyl/N-ethyl adjacent to an activating group) is 1. The molecular weight excluding hydrogens is 262 g/mol. The molecule has 7 heteroatoms. The van der Waals surface area contributed by atoms with Crippen molar-refractivity contribution in [1.29, 1.82) is 0 Å². The number of hydrogen-bond donors (Lipinski definition) is 1. The third kappa shape index (κ3) is 1.92. The van der Waals surface area contributed by atoms with Gasteiger partial charge in [0.05, 0.1) is 0 Å². The molecular formula is C13H21N3O4. The van der Waals surface area contributed by atoms with Gasteiger partial charge in [-0.2, -0.15) is 0 Å². The number of carbonyl (C=O) groups excluding carboxylic acids is 2. The maximum absolute atomic E-state index is 12.5. The van der Waals surface area contributed by atoms with Crippen LogP contribution in [0.25, 0.3) is 0 Å². The van der Waals surface area contributed by atoms with Crippen LogP contribution >= 0.6 is 0 Å². The summed E-state index contributed by atoms with van der Waals surface area (Å²) in [5.41, 5.74) is -1.38. The smallest absolute Gasteiger partial charge is 0.407 e. The van der Waals surface area contributed by atoms with E-state index in [0.717, 1.165) is 4.90 Å². The van der Waals surface area contributed by atoms with Gasteiger partial charge in [-0.1, -0.05) is 0 Å². The lowest BCUT2D eigenvalue weighted by Crippen LogP contribution is -2.62. The first-order valence-corrected chi connectivity index (χ1v) is 6.71. The fourth-order valence-electron chi connectivity index (χ4n) is 3.26. The van der Waals surface area contributed by atoms with Gasteiger partial charge in [0.2, 0.25) is 0 Å². The van der Waals surface area contributed by atoms with Crippen LogP contribution in [-0.2, 0) is 4.79 Å². The second kappa shape index (κ2) is 4.36. The van der Waals surface area contributed by atoms with Gasteiger partial charge >= 0.3 is 12.1 Å². The highest BCUT2D eigenvalue weighted by Gasteiger charge is 2.60. The first kappa shape index (κ1) is 14.6. The molecule has 0 aromatic heterocycles. The van der Waals surface area contributed by atoms with E-state index in [1.165, 1.54) is 11.9 Å². The fraction of sp³-hybridized carbons (Fsp3) is 0.769. The van der Waals surface area contributed by atoms with E-state index < -0.39 is 17.2 Å². The molecule has 4 amide bonds. The van der Waals surface area contributed by atoms with Crippen LogP contribution < -0.4 is 0 Å². The lowest BCUT2D eigenvalue weighted by Gasteiger charge is -2.46. The number of carboxylic acid groups (broad SMARTS) is 1. The maximum Gasteiger partial charge on any atom is 0.407 e. The number of likely N-dealkylation sites (tertiary alicyclic amines) is 1. The van der Waals surface area contributed by atoms with E-state index in [1.54, 1.807) is 4.90 Å². The molecule has 0 aromatic rings. The standard InChI is InChI=1S/C13H21N3O4/c1-12(2,3)16-10(18)14(4)9(17)13(16)5-7-15(8-6-13)11(19)20/h5-8H2,1-4H3,(H,19,20). The van der Waals surface area contributed by atoms with Crippen molar-refractivity contribution in [3.8, 4) is 0 Å². The van der Waals surface area contributed by atoms with E-state index >= 15 is 0 Å². The van der Waals surface area contributed by atoms with Crippen molar-refractivity contribution in [2.75, 3.05) is 20.1 Å². The second-order valence-corrected chi connectivity index (χ2v) is 6.45. The van der Waals surface area contributed by atoms with Crippen molar-refractivity contribution in [1.82, 2.24) is 14.7 Å². The van der Waals surface area contributed by atoms with Crippen LogP contribution in [0.5, 0.6) is 0 Å². The molecule has 2 rings (SSSR count). The zero-order chi connectivity index (χ0) is 15.3. The molecule has 2 fully saturated rings. The van der Waals surface area contributed by atoms with Gasteiger partial charge in [0.15, 0.2) is 0 Å². The molecule has 112 valence electrons. The van der Waals surface area contributed by atoms with Gasteiger partial charge in [-0.05, 0) is 33.6 Å². The molecule has 0 saturated carbocycles. The molecule has 0 bridgehead atoms. The molecule has 7 nitrogen and oxygen atoms in total. The van der Waals surface area contributed by atoms with Gasteiger partial charge in [-0.15, -0.1) is 0 Å². The number of rotatable bonds is 0. The lowest BCUT2D eigenvalue weighted by atomic mass is 9.83. The maximum atomic E-state index is 12.5. The Morgan fingerprint density at radius 3 is 2.10 bits per heavy atom. The summed E-state index contributed by atoms with van der Waals surface area (Å²) in [6.45, 7) is 6.22. The van der Waals surface area contributed by atoms with Crippen molar-refractivity contribution in [3.05, 3.63) is 0 Å². The summed E-state index contributed by atoms with van der Waals surface area (Å²) in [6.07, 6.45) is -0.274. The quantitative estimate of drug-likeness (QED) is 0.677. The van der Waals surface area contributed by atoms with Crippen LogP contribution in [0.3, 0.4) is 0 Å². The van der Waals surface area contributed by atoms with Crippen LogP contribution in [0.4, 0.5) is 9.59 Å². The fourth-order valence-corrected chi connectivity index (χ4v) is 3.26. The van der Waals surface area contributed by atoms with Gasteiger partial charge in [-0.25, -0.2) is 9.59 Å². The molecule has 0 aromatic carbocycles. The monoisotopic (exact) mass is 283 g/mol. The number of amides is 4. The summed E-state index contributed by atoms with van der Waals surface area (Å²) >= 11 is 0. The molecule has 2 saturated heterocycles. The Morgan fingerprint density at radius 2 is 1.70 bits per heavy atom. The zero-order valence-corrected chi connectivity index (χ0v) is 12.3. The number of nitrogens with zero attached hydrogens (tertiary/aromatic N) is 3. The van der Waals surface area contributed by atoms with Gasteiger partial charge < -0.3 is 14.9 Å². The van der Waals surface area contributed by atoms with Crippen molar-refractivity contribution < 1.29 is 19.5 Å². The molecule has 2 aliphatic rings. The second-order valence-electron chi connectivity index (χ2n) is 6.45. The third-order valence-corrected chi connectivity index (χ3v) is 4.14. The Morgan fingerprint density at radius 1 is 1.20 bits per heavy atom. The van der Waals surface area contributed by atoms with Crippen LogP contribution in [0.1, 0.15) is 33.6 Å². The van der Waals surface area contributed by atoms with Gasteiger partial charge in [-0.3, -0.25) is 9.69 Å². The van der Waals surface area contributed by atoms with Crippen LogP contribution in [0, 0.1) is 0 Å². The molecule has 20 heavy (non-hydrogen) atoms. The average molecular weight is 283 g/mol. The topological polar surface area (TPSA) is 81.2 Å². The summed E-state index contributed by atoms with van der Waals surface area (Å²) in [4.78, 5) is 39.9. The zero-order valence-electron chi connectivity index (χ0n) is 12.3. The number of imide groups is 1. The molecule has 1 spiro atoms. The minimum absolute atomic E-state index is 0.220. The van der Waals surface area contributed by atoms with E-state index in [0.29, 0.717) is 12.8 Å². The number of piperidine rings is 1. The van der Waals surface area contributed by atoms with E-state index in [1.807, 2.05) is 20.8 Å². The predicted octanol–water partition coefficient (Wildman–Crippen LogP) is 1.19. The van der Waals surface area contributed by atoms with E-state index in [9.17, 15) is 14.4 Å². The molecule has 1 N–H and O–H groups in total. The van der Waals surface area contributed by atoms with Gasteiger partial charge in [0.25, 0.3) is 5.91 Å². The number of urea groups is 1. The molecule has 0 atom stereocenters.